The van der Waals surface area contributed by atoms with Crippen LogP contribution in [0.3, 0.4) is 0 Å². The number of aryl methyl sites for hydroxylation is 2. The van der Waals surface area contributed by atoms with Crippen molar-refractivity contribution in [3.63, 3.8) is 0 Å². The first-order chi connectivity index (χ1) is 11.0. The van der Waals surface area contributed by atoms with Gasteiger partial charge in [0.2, 0.25) is 5.89 Å². The van der Waals surface area contributed by atoms with Crippen molar-refractivity contribution in [1.29, 1.82) is 0 Å². The van der Waals surface area contributed by atoms with Gasteiger partial charge in [-0.3, -0.25) is 4.90 Å². The van der Waals surface area contributed by atoms with Gasteiger partial charge in [0, 0.05) is 25.2 Å². The van der Waals surface area contributed by atoms with Gasteiger partial charge in [0.1, 0.15) is 5.76 Å². The number of rotatable bonds is 4. The van der Waals surface area contributed by atoms with Crippen LogP contribution in [0.15, 0.2) is 28.7 Å². The minimum absolute atomic E-state index is 0.165. The molecular weight excluding hydrogens is 292 g/mol. The Hall–Kier alpha value is -1.69. The molecule has 1 aromatic heterocycles. The van der Waals surface area contributed by atoms with Crippen molar-refractivity contribution < 1.29 is 14.6 Å². The van der Waals surface area contributed by atoms with E-state index in [9.17, 15) is 10.2 Å². The first kappa shape index (κ1) is 16.2. The predicted molar refractivity (Wildman–Crippen MR) is 88.0 cm³/mol. The van der Waals surface area contributed by atoms with Gasteiger partial charge in [-0.05, 0) is 38.3 Å². The minimum atomic E-state index is -0.915. The van der Waals surface area contributed by atoms with E-state index in [0.29, 0.717) is 25.3 Å². The van der Waals surface area contributed by atoms with Crippen LogP contribution < -0.4 is 0 Å². The maximum Gasteiger partial charge on any atom is 0.226 e. The molecule has 0 atom stereocenters. The van der Waals surface area contributed by atoms with Crippen LogP contribution >= 0.6 is 0 Å². The van der Waals surface area contributed by atoms with E-state index in [2.05, 4.69) is 22.9 Å². The number of likely N-dealkylation sites (tertiary alicyclic amines) is 1. The quantitative estimate of drug-likeness (QED) is 0.905. The number of aliphatic hydroxyl groups is 2. The Labute approximate surface area is 136 Å². The Balaban J connectivity index is 1.72. The van der Waals surface area contributed by atoms with E-state index in [1.165, 1.54) is 0 Å². The SMILES string of the molecule is Cc1ccccc1-c1nc(CN2CCC(O)(CO)CC2)c(C)o1. The molecule has 5 heteroatoms. The molecule has 1 fully saturated rings. The summed E-state index contributed by atoms with van der Waals surface area (Å²) in [5.74, 6) is 1.51. The lowest BCUT2D eigenvalue weighted by Gasteiger charge is -2.36. The van der Waals surface area contributed by atoms with Crippen molar-refractivity contribution in [3.8, 4) is 11.5 Å². The predicted octanol–water partition coefficient (Wildman–Crippen LogP) is 2.28. The fourth-order valence-corrected chi connectivity index (χ4v) is 3.00. The minimum Gasteiger partial charge on any atom is -0.441 e. The van der Waals surface area contributed by atoms with E-state index in [-0.39, 0.29) is 6.61 Å². The molecule has 2 heterocycles. The van der Waals surface area contributed by atoms with Crippen LogP contribution in [0.1, 0.15) is 29.9 Å². The molecule has 2 aromatic rings. The average molecular weight is 316 g/mol. The van der Waals surface area contributed by atoms with Crippen LogP contribution in [-0.2, 0) is 6.54 Å². The molecule has 0 radical (unpaired) electrons. The third-order valence-electron chi connectivity index (χ3n) is 4.72. The van der Waals surface area contributed by atoms with Crippen LogP contribution in [0.4, 0.5) is 0 Å². The molecule has 124 valence electrons. The highest BCUT2D eigenvalue weighted by molar-refractivity contribution is 5.58. The van der Waals surface area contributed by atoms with Crippen molar-refractivity contribution in [2.24, 2.45) is 0 Å². The summed E-state index contributed by atoms with van der Waals surface area (Å²) in [6.45, 7) is 6.04. The summed E-state index contributed by atoms with van der Waals surface area (Å²) in [5.41, 5.74) is 2.20. The van der Waals surface area contributed by atoms with Crippen molar-refractivity contribution in [3.05, 3.63) is 41.3 Å². The van der Waals surface area contributed by atoms with Crippen molar-refractivity contribution in [2.75, 3.05) is 19.7 Å². The zero-order valence-electron chi connectivity index (χ0n) is 13.7. The maximum absolute atomic E-state index is 10.1. The first-order valence-electron chi connectivity index (χ1n) is 8.09. The van der Waals surface area contributed by atoms with E-state index in [1.54, 1.807) is 0 Å². The summed E-state index contributed by atoms with van der Waals surface area (Å²) in [5, 5.41) is 19.3. The van der Waals surface area contributed by atoms with Gasteiger partial charge in [-0.2, -0.15) is 0 Å². The van der Waals surface area contributed by atoms with E-state index < -0.39 is 5.60 Å². The van der Waals surface area contributed by atoms with E-state index in [4.69, 9.17) is 4.42 Å². The van der Waals surface area contributed by atoms with Crippen LogP contribution in [-0.4, -0.2) is 45.4 Å². The number of aliphatic hydroxyl groups excluding tert-OH is 1. The number of hydrogen-bond donors (Lipinski definition) is 2. The Morgan fingerprint density at radius 3 is 2.57 bits per heavy atom. The van der Waals surface area contributed by atoms with E-state index >= 15 is 0 Å². The zero-order chi connectivity index (χ0) is 16.4. The zero-order valence-corrected chi connectivity index (χ0v) is 13.7. The first-order valence-corrected chi connectivity index (χ1v) is 8.09. The molecule has 2 N–H and O–H groups in total. The highest BCUT2D eigenvalue weighted by Crippen LogP contribution is 2.27. The smallest absolute Gasteiger partial charge is 0.226 e. The molecule has 0 aliphatic carbocycles. The summed E-state index contributed by atoms with van der Waals surface area (Å²) in [6, 6.07) is 8.06. The van der Waals surface area contributed by atoms with Crippen molar-refractivity contribution in [1.82, 2.24) is 9.88 Å². The molecule has 3 rings (SSSR count). The molecule has 0 saturated carbocycles. The molecular formula is C18H24N2O3. The third kappa shape index (κ3) is 3.47. The van der Waals surface area contributed by atoms with Gasteiger partial charge in [-0.25, -0.2) is 4.98 Å². The lowest BCUT2D eigenvalue weighted by Crippen LogP contribution is -2.46. The number of aromatic nitrogens is 1. The second-order valence-electron chi connectivity index (χ2n) is 6.50. The second-order valence-corrected chi connectivity index (χ2v) is 6.50. The fourth-order valence-electron chi connectivity index (χ4n) is 3.00. The van der Waals surface area contributed by atoms with Gasteiger partial charge in [0.25, 0.3) is 0 Å². The monoisotopic (exact) mass is 316 g/mol. The van der Waals surface area contributed by atoms with Crippen molar-refractivity contribution >= 4 is 0 Å². The highest BCUT2D eigenvalue weighted by atomic mass is 16.4. The van der Waals surface area contributed by atoms with Gasteiger partial charge < -0.3 is 14.6 Å². The molecule has 1 aliphatic heterocycles. The maximum atomic E-state index is 10.1. The Kier molecular flexibility index (Phi) is 4.53. The number of nitrogens with zero attached hydrogens (tertiary/aromatic N) is 2. The largest absolute Gasteiger partial charge is 0.441 e. The normalized spacial score (nSPS) is 18.3. The molecule has 0 amide bonds. The van der Waals surface area contributed by atoms with Crippen LogP contribution in [0.5, 0.6) is 0 Å². The molecule has 1 saturated heterocycles. The fraction of sp³-hybridized carbons (Fsp3) is 0.500. The molecule has 1 aromatic carbocycles. The molecule has 23 heavy (non-hydrogen) atoms. The van der Waals surface area contributed by atoms with E-state index in [1.807, 2.05) is 25.1 Å². The van der Waals surface area contributed by atoms with Gasteiger partial charge in [0.05, 0.1) is 17.9 Å². The third-order valence-corrected chi connectivity index (χ3v) is 4.72. The molecule has 0 unspecified atom stereocenters. The molecule has 5 nitrogen and oxygen atoms in total. The Morgan fingerprint density at radius 2 is 1.91 bits per heavy atom. The van der Waals surface area contributed by atoms with Gasteiger partial charge in [-0.1, -0.05) is 18.2 Å². The standard InChI is InChI=1S/C18H24N2O3/c1-13-5-3-4-6-15(13)17-19-16(14(2)23-17)11-20-9-7-18(22,12-21)8-10-20/h3-6,21-22H,7-12H2,1-2H3. The Bertz CT molecular complexity index is 673. The average Bonchev–Trinajstić information content (AvgIpc) is 2.91. The van der Waals surface area contributed by atoms with Crippen LogP contribution in [0.2, 0.25) is 0 Å². The number of benzene rings is 1. The second kappa shape index (κ2) is 6.43. The summed E-state index contributed by atoms with van der Waals surface area (Å²) < 4.78 is 5.86. The number of hydrogen-bond acceptors (Lipinski definition) is 5. The van der Waals surface area contributed by atoms with Gasteiger partial charge in [0.15, 0.2) is 0 Å². The lowest BCUT2D eigenvalue weighted by atomic mass is 9.92. The highest BCUT2D eigenvalue weighted by Gasteiger charge is 2.32. The molecule has 1 aliphatic rings. The van der Waals surface area contributed by atoms with Crippen LogP contribution in [0.25, 0.3) is 11.5 Å². The molecule has 0 bridgehead atoms. The van der Waals surface area contributed by atoms with E-state index in [0.717, 1.165) is 35.7 Å². The number of piperidine rings is 1. The van der Waals surface area contributed by atoms with Crippen LogP contribution in [0, 0.1) is 13.8 Å². The van der Waals surface area contributed by atoms with Crippen molar-refractivity contribution in [2.45, 2.75) is 38.8 Å². The molecule has 0 spiro atoms. The summed E-state index contributed by atoms with van der Waals surface area (Å²) in [6.07, 6.45) is 1.18. The summed E-state index contributed by atoms with van der Waals surface area (Å²) in [7, 11) is 0. The Morgan fingerprint density at radius 1 is 1.22 bits per heavy atom. The topological polar surface area (TPSA) is 69.7 Å². The van der Waals surface area contributed by atoms with Gasteiger partial charge in [-0.15, -0.1) is 0 Å². The van der Waals surface area contributed by atoms with Gasteiger partial charge >= 0.3 is 0 Å². The summed E-state index contributed by atoms with van der Waals surface area (Å²) >= 11 is 0. The number of oxazole rings is 1. The lowest BCUT2D eigenvalue weighted by molar-refractivity contribution is -0.0608. The summed E-state index contributed by atoms with van der Waals surface area (Å²) in [4.78, 5) is 6.92.